The van der Waals surface area contributed by atoms with Crippen molar-refractivity contribution in [2.24, 2.45) is 5.41 Å². The van der Waals surface area contributed by atoms with Crippen LogP contribution in [0, 0.1) is 16.7 Å². The van der Waals surface area contributed by atoms with E-state index in [2.05, 4.69) is 20.8 Å². The molecule has 1 heterocycles. The van der Waals surface area contributed by atoms with E-state index < -0.39 is 11.7 Å². The smallest absolute Gasteiger partial charge is 0.368 e. The van der Waals surface area contributed by atoms with Crippen LogP contribution in [-0.4, -0.2) is 12.6 Å². The molecule has 0 bridgehead atoms. The maximum absolute atomic E-state index is 13.3. The third-order valence-corrected chi connectivity index (χ3v) is 3.68. The van der Waals surface area contributed by atoms with Gasteiger partial charge in [0.05, 0.1) is 17.2 Å². The number of rotatable bonds is 1. The van der Waals surface area contributed by atoms with Gasteiger partial charge in [0.1, 0.15) is 0 Å². The number of nitrogens with zero attached hydrogens (tertiary/aromatic N) is 2. The summed E-state index contributed by atoms with van der Waals surface area (Å²) >= 11 is 0. The molecular weight excluding hydrogens is 277 g/mol. The van der Waals surface area contributed by atoms with E-state index in [-0.39, 0.29) is 22.6 Å². The molecular formula is C16H19F3N2. The lowest BCUT2D eigenvalue weighted by Crippen LogP contribution is -2.36. The van der Waals surface area contributed by atoms with Crippen molar-refractivity contribution >= 4 is 5.69 Å². The van der Waals surface area contributed by atoms with Crippen LogP contribution < -0.4 is 4.90 Å². The molecule has 0 fully saturated rings. The van der Waals surface area contributed by atoms with Gasteiger partial charge in [-0.1, -0.05) is 20.8 Å². The van der Waals surface area contributed by atoms with Crippen molar-refractivity contribution in [3.05, 3.63) is 28.8 Å². The maximum atomic E-state index is 13.3. The van der Waals surface area contributed by atoms with Gasteiger partial charge in [-0.05, 0) is 36.5 Å². The monoisotopic (exact) mass is 296 g/mol. The number of alkyl halides is 3. The SMILES string of the molecule is CC1Cc2c(ccc(C#N)c2C(F)(F)F)N1CC(C)(C)C. The Kier molecular flexibility index (Phi) is 3.69. The molecule has 0 saturated carbocycles. The molecule has 21 heavy (non-hydrogen) atoms. The lowest BCUT2D eigenvalue weighted by molar-refractivity contribution is -0.138. The van der Waals surface area contributed by atoms with Crippen LogP contribution in [0.3, 0.4) is 0 Å². The molecule has 5 heteroatoms. The van der Waals surface area contributed by atoms with E-state index in [1.165, 1.54) is 6.07 Å². The molecule has 1 aliphatic rings. The van der Waals surface area contributed by atoms with Crippen LogP contribution in [0.15, 0.2) is 12.1 Å². The van der Waals surface area contributed by atoms with Gasteiger partial charge in [-0.15, -0.1) is 0 Å². The molecule has 2 rings (SSSR count). The number of nitriles is 1. The molecule has 1 unspecified atom stereocenters. The predicted octanol–water partition coefficient (Wildman–Crippen LogP) is 4.37. The van der Waals surface area contributed by atoms with E-state index in [9.17, 15) is 13.2 Å². The highest BCUT2D eigenvalue weighted by Gasteiger charge is 2.41. The minimum atomic E-state index is -4.49. The summed E-state index contributed by atoms with van der Waals surface area (Å²) in [6.45, 7) is 8.80. The minimum absolute atomic E-state index is 0.00858. The van der Waals surface area contributed by atoms with Gasteiger partial charge in [0.2, 0.25) is 0 Å². The van der Waals surface area contributed by atoms with Crippen LogP contribution in [0.4, 0.5) is 18.9 Å². The molecule has 0 saturated heterocycles. The van der Waals surface area contributed by atoms with Crippen molar-refractivity contribution in [3.63, 3.8) is 0 Å². The number of halogens is 3. The summed E-state index contributed by atoms with van der Waals surface area (Å²) in [4.78, 5) is 2.02. The Bertz CT molecular complexity index is 591. The van der Waals surface area contributed by atoms with Gasteiger partial charge in [-0.2, -0.15) is 18.4 Å². The fraction of sp³-hybridized carbons (Fsp3) is 0.562. The lowest BCUT2D eigenvalue weighted by atomic mass is 9.95. The average Bonchev–Trinajstić information content (AvgIpc) is 2.61. The first-order valence-corrected chi connectivity index (χ1v) is 6.94. The van der Waals surface area contributed by atoms with Crippen molar-refractivity contribution in [2.75, 3.05) is 11.4 Å². The highest BCUT2D eigenvalue weighted by atomic mass is 19.4. The number of hydrogen-bond acceptors (Lipinski definition) is 2. The zero-order valence-electron chi connectivity index (χ0n) is 12.7. The van der Waals surface area contributed by atoms with Crippen molar-refractivity contribution < 1.29 is 13.2 Å². The normalized spacial score (nSPS) is 18.6. The highest BCUT2D eigenvalue weighted by molar-refractivity contribution is 5.66. The van der Waals surface area contributed by atoms with Gasteiger partial charge >= 0.3 is 6.18 Å². The number of hydrogen-bond donors (Lipinski definition) is 0. The fourth-order valence-electron chi connectivity index (χ4n) is 2.92. The summed E-state index contributed by atoms with van der Waals surface area (Å²) in [7, 11) is 0. The fourth-order valence-corrected chi connectivity index (χ4v) is 2.92. The molecule has 114 valence electrons. The van der Waals surface area contributed by atoms with Gasteiger partial charge in [0.25, 0.3) is 0 Å². The standard InChI is InChI=1S/C16H19F3N2/c1-10-7-12-13(21(10)9-15(2,3)4)6-5-11(8-20)14(12)16(17,18)19/h5-6,10H,7,9H2,1-4H3. The second-order valence-corrected chi connectivity index (χ2v) is 6.84. The van der Waals surface area contributed by atoms with E-state index in [1.807, 2.05) is 11.8 Å². The van der Waals surface area contributed by atoms with Gasteiger partial charge < -0.3 is 4.90 Å². The summed E-state index contributed by atoms with van der Waals surface area (Å²) in [5.74, 6) is 0. The largest absolute Gasteiger partial charge is 0.418 e. The van der Waals surface area contributed by atoms with Crippen molar-refractivity contribution in [3.8, 4) is 6.07 Å². The Labute approximate surface area is 123 Å². The molecule has 1 atom stereocenters. The van der Waals surface area contributed by atoms with Crippen LogP contribution in [-0.2, 0) is 12.6 Å². The van der Waals surface area contributed by atoms with E-state index in [0.29, 0.717) is 18.7 Å². The maximum Gasteiger partial charge on any atom is 0.418 e. The molecule has 2 nitrogen and oxygen atoms in total. The molecule has 1 aromatic rings. The quantitative estimate of drug-likeness (QED) is 0.769. The second kappa shape index (κ2) is 4.94. The third kappa shape index (κ3) is 2.99. The van der Waals surface area contributed by atoms with Gasteiger partial charge in [-0.3, -0.25) is 0 Å². The molecule has 0 aromatic heterocycles. The van der Waals surface area contributed by atoms with E-state index in [4.69, 9.17) is 5.26 Å². The Morgan fingerprint density at radius 2 is 1.90 bits per heavy atom. The van der Waals surface area contributed by atoms with Crippen molar-refractivity contribution in [2.45, 2.75) is 46.3 Å². The second-order valence-electron chi connectivity index (χ2n) is 6.84. The molecule has 0 aliphatic carbocycles. The number of fused-ring (bicyclic) bond motifs is 1. The summed E-state index contributed by atoms with van der Waals surface area (Å²) in [6, 6.07) is 4.62. The van der Waals surface area contributed by atoms with Crippen LogP contribution in [0.2, 0.25) is 0 Å². The van der Waals surface area contributed by atoms with Gasteiger partial charge in [0, 0.05) is 18.3 Å². The van der Waals surface area contributed by atoms with Crippen LogP contribution in [0.5, 0.6) is 0 Å². The van der Waals surface area contributed by atoms with E-state index in [0.717, 1.165) is 0 Å². The summed E-state index contributed by atoms with van der Waals surface area (Å²) in [6.07, 6.45) is -4.16. The molecule has 0 amide bonds. The highest BCUT2D eigenvalue weighted by Crippen LogP contribution is 2.44. The van der Waals surface area contributed by atoms with Crippen LogP contribution in [0.1, 0.15) is 44.4 Å². The zero-order valence-corrected chi connectivity index (χ0v) is 12.7. The summed E-state index contributed by atoms with van der Waals surface area (Å²) in [5.41, 5.74) is -0.179. The van der Waals surface area contributed by atoms with Crippen LogP contribution in [0.25, 0.3) is 0 Å². The Morgan fingerprint density at radius 1 is 1.29 bits per heavy atom. The van der Waals surface area contributed by atoms with Crippen molar-refractivity contribution in [1.29, 1.82) is 5.26 Å². The van der Waals surface area contributed by atoms with Crippen molar-refractivity contribution in [1.82, 2.24) is 0 Å². The average molecular weight is 296 g/mol. The lowest BCUT2D eigenvalue weighted by Gasteiger charge is -2.32. The van der Waals surface area contributed by atoms with E-state index in [1.54, 1.807) is 12.1 Å². The topological polar surface area (TPSA) is 27.0 Å². The first-order chi connectivity index (χ1) is 9.54. The van der Waals surface area contributed by atoms with Crippen LogP contribution >= 0.6 is 0 Å². The molecule has 1 aliphatic heterocycles. The number of anilines is 1. The summed E-state index contributed by atoms with van der Waals surface area (Å²) in [5, 5.41) is 8.97. The predicted molar refractivity (Wildman–Crippen MR) is 76.1 cm³/mol. The molecule has 0 spiro atoms. The van der Waals surface area contributed by atoms with E-state index >= 15 is 0 Å². The van der Waals surface area contributed by atoms with Gasteiger partial charge in [-0.25, -0.2) is 0 Å². The number of benzene rings is 1. The first kappa shape index (κ1) is 15.7. The van der Waals surface area contributed by atoms with Gasteiger partial charge in [0.15, 0.2) is 0 Å². The Morgan fingerprint density at radius 3 is 2.38 bits per heavy atom. The minimum Gasteiger partial charge on any atom is -0.368 e. The molecule has 0 N–H and O–H groups in total. The Hall–Kier alpha value is -1.70. The Balaban J connectivity index is 2.57. The molecule has 0 radical (unpaired) electrons. The third-order valence-electron chi connectivity index (χ3n) is 3.68. The first-order valence-electron chi connectivity index (χ1n) is 6.94. The molecule has 1 aromatic carbocycles. The summed E-state index contributed by atoms with van der Waals surface area (Å²) < 4.78 is 39.9. The zero-order chi connectivity index (χ0) is 16.0.